The first-order chi connectivity index (χ1) is 8.72. The number of nitriles is 1. The lowest BCUT2D eigenvalue weighted by atomic mass is 9.96. The molecule has 0 unspecified atom stereocenters. The summed E-state index contributed by atoms with van der Waals surface area (Å²) in [6.07, 6.45) is 2.65. The fourth-order valence-electron chi connectivity index (χ4n) is 2.05. The fourth-order valence-corrected chi connectivity index (χ4v) is 2.05. The van der Waals surface area contributed by atoms with Crippen molar-refractivity contribution < 1.29 is 14.3 Å². The molecule has 1 aliphatic rings. The van der Waals surface area contributed by atoms with E-state index in [-0.39, 0.29) is 6.10 Å². The number of methoxy groups -OCH3 is 1. The lowest BCUT2D eigenvalue weighted by Gasteiger charge is -2.23. The number of ketones is 1. The maximum Gasteiger partial charge on any atom is 0.162 e. The summed E-state index contributed by atoms with van der Waals surface area (Å²) in [6, 6.07) is 7.16. The molecule has 0 bridgehead atoms. The summed E-state index contributed by atoms with van der Waals surface area (Å²) >= 11 is 0. The molecular weight excluding hydrogens is 230 g/mol. The fraction of sp³-hybridized carbons (Fsp3) is 0.429. The average molecular weight is 245 g/mol. The average Bonchev–Trinajstić information content (AvgIpc) is 2.41. The molecule has 0 saturated heterocycles. The number of Topliss-reactive ketones (excluding diaryl/α,β-unsaturated/α-hetero) is 1. The van der Waals surface area contributed by atoms with Crippen molar-refractivity contribution in [1.82, 2.24) is 0 Å². The van der Waals surface area contributed by atoms with Gasteiger partial charge < -0.3 is 9.47 Å². The number of carbonyl (C=O) groups is 1. The predicted molar refractivity (Wildman–Crippen MR) is 65.6 cm³/mol. The molecule has 1 fully saturated rings. The Hall–Kier alpha value is -2.02. The van der Waals surface area contributed by atoms with Crippen LogP contribution in [-0.4, -0.2) is 19.0 Å². The van der Waals surface area contributed by atoms with Crippen LogP contribution in [0.3, 0.4) is 0 Å². The highest BCUT2D eigenvalue weighted by Crippen LogP contribution is 2.31. The number of carbonyl (C=O) groups excluding carboxylic acids is 1. The van der Waals surface area contributed by atoms with Gasteiger partial charge in [-0.05, 0) is 25.0 Å². The normalized spacial score (nSPS) is 16.1. The van der Waals surface area contributed by atoms with E-state index in [9.17, 15) is 4.79 Å². The second-order valence-electron chi connectivity index (χ2n) is 4.33. The maximum absolute atomic E-state index is 11.2. The van der Waals surface area contributed by atoms with Crippen LogP contribution in [0.1, 0.15) is 31.2 Å². The van der Waals surface area contributed by atoms with Crippen LogP contribution in [0.25, 0.3) is 0 Å². The van der Waals surface area contributed by atoms with E-state index in [1.54, 1.807) is 25.3 Å². The number of ether oxygens (including phenoxy) is 2. The summed E-state index contributed by atoms with van der Waals surface area (Å²) in [6.45, 7) is 0. The minimum Gasteiger partial charge on any atom is -0.493 e. The van der Waals surface area contributed by atoms with Gasteiger partial charge in [0.25, 0.3) is 0 Å². The van der Waals surface area contributed by atoms with Crippen LogP contribution >= 0.6 is 0 Å². The molecule has 0 spiro atoms. The molecule has 0 aromatic heterocycles. The first kappa shape index (κ1) is 12.4. The third-order valence-corrected chi connectivity index (χ3v) is 3.08. The van der Waals surface area contributed by atoms with Gasteiger partial charge in [0.05, 0.1) is 24.8 Å². The highest BCUT2D eigenvalue weighted by Gasteiger charge is 2.21. The van der Waals surface area contributed by atoms with Gasteiger partial charge in [-0.1, -0.05) is 0 Å². The molecule has 1 aromatic rings. The van der Waals surface area contributed by atoms with Crippen molar-refractivity contribution in [2.45, 2.75) is 31.8 Å². The third kappa shape index (κ3) is 2.80. The zero-order chi connectivity index (χ0) is 13.0. The van der Waals surface area contributed by atoms with Crippen molar-refractivity contribution in [1.29, 1.82) is 5.26 Å². The van der Waals surface area contributed by atoms with E-state index < -0.39 is 0 Å². The van der Waals surface area contributed by atoms with Gasteiger partial charge in [0, 0.05) is 18.9 Å². The number of hydrogen-bond acceptors (Lipinski definition) is 4. The van der Waals surface area contributed by atoms with Crippen molar-refractivity contribution in [2.24, 2.45) is 0 Å². The standard InChI is InChI=1S/C14H15NO3/c1-17-13-7-2-10(9-15)8-14(13)18-12-5-3-11(16)4-6-12/h2,7-8,12H,3-6H2,1H3. The number of hydrogen-bond donors (Lipinski definition) is 0. The van der Waals surface area contributed by atoms with E-state index in [1.165, 1.54) is 0 Å². The van der Waals surface area contributed by atoms with Crippen LogP contribution in [0.2, 0.25) is 0 Å². The molecule has 1 aliphatic carbocycles. The quantitative estimate of drug-likeness (QED) is 0.820. The lowest BCUT2D eigenvalue weighted by molar-refractivity contribution is -0.121. The molecule has 18 heavy (non-hydrogen) atoms. The molecule has 0 N–H and O–H groups in total. The maximum atomic E-state index is 11.2. The van der Waals surface area contributed by atoms with E-state index in [0.29, 0.717) is 35.7 Å². The molecule has 1 aromatic carbocycles. The van der Waals surface area contributed by atoms with Crippen molar-refractivity contribution in [3.8, 4) is 17.6 Å². The minimum absolute atomic E-state index is 0.0329. The molecule has 0 aliphatic heterocycles. The summed E-state index contributed by atoms with van der Waals surface area (Å²) in [5.74, 6) is 1.49. The van der Waals surface area contributed by atoms with Gasteiger partial charge >= 0.3 is 0 Å². The topological polar surface area (TPSA) is 59.3 Å². The van der Waals surface area contributed by atoms with Crippen molar-refractivity contribution >= 4 is 5.78 Å². The molecule has 0 atom stereocenters. The highest BCUT2D eigenvalue weighted by molar-refractivity contribution is 5.79. The smallest absolute Gasteiger partial charge is 0.162 e. The Morgan fingerprint density at radius 1 is 1.28 bits per heavy atom. The van der Waals surface area contributed by atoms with Crippen LogP contribution < -0.4 is 9.47 Å². The second kappa shape index (κ2) is 5.54. The molecule has 0 amide bonds. The Bertz CT molecular complexity index is 480. The number of rotatable bonds is 3. The van der Waals surface area contributed by atoms with Gasteiger partial charge in [0.2, 0.25) is 0 Å². The Balaban J connectivity index is 2.12. The summed E-state index contributed by atoms with van der Waals surface area (Å²) in [5.41, 5.74) is 0.540. The Labute approximate surface area is 106 Å². The monoisotopic (exact) mass is 245 g/mol. The largest absolute Gasteiger partial charge is 0.493 e. The molecule has 4 heteroatoms. The minimum atomic E-state index is 0.0329. The van der Waals surface area contributed by atoms with Gasteiger partial charge in [-0.25, -0.2) is 0 Å². The summed E-state index contributed by atoms with van der Waals surface area (Å²) in [4.78, 5) is 11.2. The van der Waals surface area contributed by atoms with Gasteiger partial charge in [0.15, 0.2) is 11.5 Å². The lowest BCUT2D eigenvalue weighted by Crippen LogP contribution is -2.24. The second-order valence-corrected chi connectivity index (χ2v) is 4.33. The van der Waals surface area contributed by atoms with Crippen molar-refractivity contribution in [2.75, 3.05) is 7.11 Å². The molecule has 0 radical (unpaired) electrons. The summed E-state index contributed by atoms with van der Waals surface area (Å²) in [5, 5.41) is 8.88. The van der Waals surface area contributed by atoms with Gasteiger partial charge in [-0.15, -0.1) is 0 Å². The molecular formula is C14H15NO3. The van der Waals surface area contributed by atoms with Crippen LogP contribution in [-0.2, 0) is 4.79 Å². The first-order valence-electron chi connectivity index (χ1n) is 5.99. The van der Waals surface area contributed by atoms with Gasteiger partial charge in [0.1, 0.15) is 5.78 Å². The Morgan fingerprint density at radius 2 is 2.00 bits per heavy atom. The highest BCUT2D eigenvalue weighted by atomic mass is 16.5. The zero-order valence-electron chi connectivity index (χ0n) is 10.3. The van der Waals surface area contributed by atoms with Crippen LogP contribution in [0.5, 0.6) is 11.5 Å². The SMILES string of the molecule is COc1ccc(C#N)cc1OC1CCC(=O)CC1. The van der Waals surface area contributed by atoms with E-state index in [4.69, 9.17) is 14.7 Å². The van der Waals surface area contributed by atoms with Crippen LogP contribution in [0.4, 0.5) is 0 Å². The van der Waals surface area contributed by atoms with Crippen molar-refractivity contribution in [3.05, 3.63) is 23.8 Å². The summed E-state index contributed by atoms with van der Waals surface area (Å²) in [7, 11) is 1.57. The zero-order valence-corrected chi connectivity index (χ0v) is 10.3. The number of nitrogens with zero attached hydrogens (tertiary/aromatic N) is 1. The van der Waals surface area contributed by atoms with Crippen LogP contribution in [0.15, 0.2) is 18.2 Å². The Kier molecular flexibility index (Phi) is 3.83. The first-order valence-corrected chi connectivity index (χ1v) is 5.99. The third-order valence-electron chi connectivity index (χ3n) is 3.08. The van der Waals surface area contributed by atoms with E-state index in [1.807, 2.05) is 0 Å². The molecule has 0 heterocycles. The van der Waals surface area contributed by atoms with Gasteiger partial charge in [-0.2, -0.15) is 5.26 Å². The molecule has 94 valence electrons. The molecule has 2 rings (SSSR count). The number of benzene rings is 1. The predicted octanol–water partition coefficient (Wildman–Crippen LogP) is 2.46. The van der Waals surface area contributed by atoms with Gasteiger partial charge in [-0.3, -0.25) is 4.79 Å². The van der Waals surface area contributed by atoms with Crippen molar-refractivity contribution in [3.63, 3.8) is 0 Å². The molecule has 4 nitrogen and oxygen atoms in total. The Morgan fingerprint density at radius 3 is 2.61 bits per heavy atom. The van der Waals surface area contributed by atoms with Crippen LogP contribution in [0, 0.1) is 11.3 Å². The van der Waals surface area contributed by atoms with E-state index >= 15 is 0 Å². The van der Waals surface area contributed by atoms with E-state index in [2.05, 4.69) is 6.07 Å². The molecule has 1 saturated carbocycles. The summed E-state index contributed by atoms with van der Waals surface area (Å²) < 4.78 is 11.0. The van der Waals surface area contributed by atoms with E-state index in [0.717, 1.165) is 12.8 Å².